The third kappa shape index (κ3) is 4.36. The Kier molecular flexibility index (Phi) is 5.07. The van der Waals surface area contributed by atoms with E-state index in [1.54, 1.807) is 0 Å². The van der Waals surface area contributed by atoms with Gasteiger partial charge in [0.05, 0.1) is 15.6 Å². The predicted octanol–water partition coefficient (Wildman–Crippen LogP) is 3.54. The van der Waals surface area contributed by atoms with E-state index in [-0.39, 0.29) is 22.1 Å². The quantitative estimate of drug-likeness (QED) is 0.665. The molecule has 0 unspecified atom stereocenters. The molecule has 120 valence electrons. The van der Waals surface area contributed by atoms with E-state index in [4.69, 9.17) is 16.3 Å². The Bertz CT molecular complexity index is 770. The lowest BCUT2D eigenvalue weighted by molar-refractivity contribution is -0.384. The highest BCUT2D eigenvalue weighted by Gasteiger charge is 2.13. The van der Waals surface area contributed by atoms with Crippen molar-refractivity contribution in [1.29, 1.82) is 0 Å². The Morgan fingerprint density at radius 1 is 1.26 bits per heavy atom. The first kappa shape index (κ1) is 16.6. The summed E-state index contributed by atoms with van der Waals surface area (Å²) in [5, 5.41) is 12.7. The summed E-state index contributed by atoms with van der Waals surface area (Å²) in [6, 6.07) is 6.18. The molecule has 2 aromatic rings. The van der Waals surface area contributed by atoms with Crippen molar-refractivity contribution < 1.29 is 23.2 Å². The lowest BCUT2D eigenvalue weighted by Gasteiger charge is -2.09. The van der Waals surface area contributed by atoms with Gasteiger partial charge < -0.3 is 10.1 Å². The van der Waals surface area contributed by atoms with Crippen LogP contribution in [0.25, 0.3) is 0 Å². The minimum atomic E-state index is -0.924. The van der Waals surface area contributed by atoms with Gasteiger partial charge in [-0.3, -0.25) is 14.9 Å². The summed E-state index contributed by atoms with van der Waals surface area (Å²) in [6.45, 7) is -0.506. The number of nitrogens with one attached hydrogen (secondary N) is 1. The summed E-state index contributed by atoms with van der Waals surface area (Å²) in [4.78, 5) is 21.6. The van der Waals surface area contributed by atoms with Crippen LogP contribution in [0, 0.1) is 21.7 Å². The van der Waals surface area contributed by atoms with E-state index < -0.39 is 29.1 Å². The van der Waals surface area contributed by atoms with E-state index in [9.17, 15) is 23.7 Å². The maximum atomic E-state index is 13.4. The second-order valence-electron chi connectivity index (χ2n) is 4.33. The molecule has 0 bridgehead atoms. The van der Waals surface area contributed by atoms with Gasteiger partial charge in [-0.2, -0.15) is 0 Å². The van der Waals surface area contributed by atoms with E-state index in [1.807, 2.05) is 0 Å². The summed E-state index contributed by atoms with van der Waals surface area (Å²) in [5.74, 6) is -2.34. The van der Waals surface area contributed by atoms with Crippen molar-refractivity contribution in [3.8, 4) is 5.75 Å². The number of anilines is 1. The molecule has 0 saturated heterocycles. The number of carbonyl (C=O) groups is 1. The lowest BCUT2D eigenvalue weighted by Crippen LogP contribution is -2.21. The molecule has 0 saturated carbocycles. The first-order chi connectivity index (χ1) is 10.9. The van der Waals surface area contributed by atoms with Crippen molar-refractivity contribution in [2.24, 2.45) is 0 Å². The molecule has 23 heavy (non-hydrogen) atoms. The first-order valence-electron chi connectivity index (χ1n) is 6.18. The van der Waals surface area contributed by atoms with Gasteiger partial charge in [0.15, 0.2) is 6.61 Å². The molecule has 0 spiro atoms. The molecular weight excluding hydrogens is 334 g/mol. The van der Waals surface area contributed by atoms with Crippen LogP contribution in [0.3, 0.4) is 0 Å². The largest absolute Gasteiger partial charge is 0.482 e. The second kappa shape index (κ2) is 7.01. The fourth-order valence-corrected chi connectivity index (χ4v) is 1.87. The zero-order valence-corrected chi connectivity index (χ0v) is 12.1. The van der Waals surface area contributed by atoms with Gasteiger partial charge in [0.2, 0.25) is 0 Å². The van der Waals surface area contributed by atoms with Crippen LogP contribution < -0.4 is 10.1 Å². The van der Waals surface area contributed by atoms with Gasteiger partial charge in [-0.25, -0.2) is 8.78 Å². The number of carbonyl (C=O) groups excluding carboxylic acids is 1. The zero-order valence-electron chi connectivity index (χ0n) is 11.4. The van der Waals surface area contributed by atoms with E-state index >= 15 is 0 Å². The molecule has 0 aliphatic carbocycles. The highest BCUT2D eigenvalue weighted by atomic mass is 35.5. The van der Waals surface area contributed by atoms with Crippen molar-refractivity contribution in [2.45, 2.75) is 0 Å². The molecule has 0 heterocycles. The number of rotatable bonds is 5. The van der Waals surface area contributed by atoms with Crippen molar-refractivity contribution in [2.75, 3.05) is 11.9 Å². The monoisotopic (exact) mass is 342 g/mol. The Labute approximate surface area is 133 Å². The predicted molar refractivity (Wildman–Crippen MR) is 78.6 cm³/mol. The number of nitro groups is 1. The van der Waals surface area contributed by atoms with E-state index in [0.29, 0.717) is 6.07 Å². The number of hydrogen-bond acceptors (Lipinski definition) is 4. The van der Waals surface area contributed by atoms with Gasteiger partial charge in [0.1, 0.15) is 17.4 Å². The molecule has 1 amide bonds. The van der Waals surface area contributed by atoms with Crippen LogP contribution in [-0.2, 0) is 4.79 Å². The summed E-state index contributed by atoms with van der Waals surface area (Å²) < 4.78 is 31.2. The van der Waals surface area contributed by atoms with Crippen LogP contribution in [0.1, 0.15) is 0 Å². The maximum absolute atomic E-state index is 13.4. The standard InChI is InChI=1S/C14H9ClF2N2O4/c15-10-6-9(19(21)22)2-4-13(10)23-7-14(20)18-12-3-1-8(16)5-11(12)17/h1-6H,7H2,(H,18,20). The number of amides is 1. The van der Waals surface area contributed by atoms with Gasteiger partial charge in [-0.15, -0.1) is 0 Å². The van der Waals surface area contributed by atoms with Crippen LogP contribution in [-0.4, -0.2) is 17.4 Å². The normalized spacial score (nSPS) is 10.2. The summed E-state index contributed by atoms with van der Waals surface area (Å²) in [6.07, 6.45) is 0. The smallest absolute Gasteiger partial charge is 0.271 e. The minimum Gasteiger partial charge on any atom is -0.482 e. The van der Waals surface area contributed by atoms with Crippen LogP contribution in [0.4, 0.5) is 20.2 Å². The molecule has 2 rings (SSSR count). The average molecular weight is 343 g/mol. The number of hydrogen-bond donors (Lipinski definition) is 1. The summed E-state index contributed by atoms with van der Waals surface area (Å²) >= 11 is 5.80. The molecule has 2 aromatic carbocycles. The van der Waals surface area contributed by atoms with Gasteiger partial charge in [-0.1, -0.05) is 11.6 Å². The third-order valence-corrected chi connectivity index (χ3v) is 2.99. The van der Waals surface area contributed by atoms with Crippen LogP contribution in [0.15, 0.2) is 36.4 Å². The zero-order chi connectivity index (χ0) is 17.0. The highest BCUT2D eigenvalue weighted by Crippen LogP contribution is 2.28. The second-order valence-corrected chi connectivity index (χ2v) is 4.74. The number of nitro benzene ring substituents is 1. The molecule has 0 fully saturated rings. The van der Waals surface area contributed by atoms with Gasteiger partial charge >= 0.3 is 0 Å². The molecule has 0 aliphatic rings. The van der Waals surface area contributed by atoms with Crippen molar-refractivity contribution in [3.63, 3.8) is 0 Å². The van der Waals surface area contributed by atoms with E-state index in [2.05, 4.69) is 5.32 Å². The number of benzene rings is 2. The van der Waals surface area contributed by atoms with Gasteiger partial charge in [0.25, 0.3) is 11.6 Å². The molecule has 0 aromatic heterocycles. The minimum absolute atomic E-state index is 0.0417. The number of halogens is 3. The van der Waals surface area contributed by atoms with Crippen molar-refractivity contribution >= 4 is 28.9 Å². The van der Waals surface area contributed by atoms with Gasteiger partial charge in [-0.05, 0) is 18.2 Å². The molecular formula is C14H9ClF2N2O4. The molecule has 9 heteroatoms. The highest BCUT2D eigenvalue weighted by molar-refractivity contribution is 6.32. The lowest BCUT2D eigenvalue weighted by atomic mass is 10.3. The topological polar surface area (TPSA) is 81.5 Å². The Hall–Kier alpha value is -2.74. The fourth-order valence-electron chi connectivity index (χ4n) is 1.64. The molecule has 0 radical (unpaired) electrons. The summed E-state index contributed by atoms with van der Waals surface area (Å²) in [5.41, 5.74) is -0.421. The number of nitrogens with zero attached hydrogens (tertiary/aromatic N) is 1. The van der Waals surface area contributed by atoms with Crippen LogP contribution in [0.2, 0.25) is 5.02 Å². The summed E-state index contributed by atoms with van der Waals surface area (Å²) in [7, 11) is 0. The average Bonchev–Trinajstić information content (AvgIpc) is 2.48. The van der Waals surface area contributed by atoms with E-state index in [1.165, 1.54) is 12.1 Å². The molecule has 1 N–H and O–H groups in total. The molecule has 0 aliphatic heterocycles. The fraction of sp³-hybridized carbons (Fsp3) is 0.0714. The van der Waals surface area contributed by atoms with E-state index in [0.717, 1.165) is 18.2 Å². The van der Waals surface area contributed by atoms with Crippen LogP contribution >= 0.6 is 11.6 Å². The number of ether oxygens (including phenoxy) is 1. The Morgan fingerprint density at radius 3 is 2.61 bits per heavy atom. The third-order valence-electron chi connectivity index (χ3n) is 2.69. The Morgan fingerprint density at radius 2 is 2.00 bits per heavy atom. The maximum Gasteiger partial charge on any atom is 0.271 e. The molecule has 0 atom stereocenters. The van der Waals surface area contributed by atoms with Crippen LogP contribution in [0.5, 0.6) is 5.75 Å². The molecule has 6 nitrogen and oxygen atoms in total. The van der Waals surface area contributed by atoms with Gasteiger partial charge in [0, 0.05) is 18.2 Å². The Balaban J connectivity index is 1.98. The first-order valence-corrected chi connectivity index (χ1v) is 6.56. The number of non-ortho nitro benzene ring substituents is 1. The van der Waals surface area contributed by atoms with Crippen molar-refractivity contribution in [1.82, 2.24) is 0 Å². The SMILES string of the molecule is O=C(COc1ccc([N+](=O)[O-])cc1Cl)Nc1ccc(F)cc1F. The van der Waals surface area contributed by atoms with Crippen molar-refractivity contribution in [3.05, 3.63) is 63.2 Å².